The van der Waals surface area contributed by atoms with Crippen LogP contribution in [0.25, 0.3) is 5.69 Å². The monoisotopic (exact) mass is 328 g/mol. The Morgan fingerprint density at radius 3 is 2.75 bits per heavy atom. The molecular formula is C18H24N4O2. The van der Waals surface area contributed by atoms with Crippen molar-refractivity contribution < 1.29 is 9.53 Å². The predicted molar refractivity (Wildman–Crippen MR) is 91.0 cm³/mol. The molecule has 0 spiro atoms. The quantitative estimate of drug-likeness (QED) is 0.868. The molecule has 128 valence electrons. The summed E-state index contributed by atoms with van der Waals surface area (Å²) in [6, 6.07) is 8.31. The molecule has 2 heterocycles. The highest BCUT2D eigenvalue weighted by molar-refractivity contribution is 5.69. The number of carbonyl (C=O) groups excluding carboxylic acids is 1. The molecule has 6 nitrogen and oxygen atoms in total. The number of likely N-dealkylation sites (tertiary alicyclic amines) is 1. The van der Waals surface area contributed by atoms with E-state index in [4.69, 9.17) is 4.74 Å². The summed E-state index contributed by atoms with van der Waals surface area (Å²) in [5.41, 5.74) is 1.64. The molecule has 1 aliphatic heterocycles. The average Bonchev–Trinajstić information content (AvgIpc) is 3.17. The number of amides is 1. The minimum atomic E-state index is -0.462. The van der Waals surface area contributed by atoms with Gasteiger partial charge in [0.15, 0.2) is 0 Å². The average molecular weight is 328 g/mol. The van der Waals surface area contributed by atoms with Crippen LogP contribution in [0.15, 0.2) is 36.7 Å². The molecule has 1 fully saturated rings. The van der Waals surface area contributed by atoms with E-state index in [0.29, 0.717) is 0 Å². The number of carbonyl (C=O) groups is 1. The molecule has 3 rings (SSSR count). The fraction of sp³-hybridized carbons (Fsp3) is 0.500. The second kappa shape index (κ2) is 6.63. The number of aromatic nitrogens is 3. The van der Waals surface area contributed by atoms with Crippen molar-refractivity contribution in [2.24, 2.45) is 0 Å². The summed E-state index contributed by atoms with van der Waals surface area (Å²) < 4.78 is 5.54. The van der Waals surface area contributed by atoms with Gasteiger partial charge in [-0.2, -0.15) is 15.0 Å². The molecule has 6 heteroatoms. The van der Waals surface area contributed by atoms with E-state index < -0.39 is 5.60 Å². The minimum Gasteiger partial charge on any atom is -0.444 e. The summed E-state index contributed by atoms with van der Waals surface area (Å²) >= 11 is 0. The molecule has 1 aromatic heterocycles. The van der Waals surface area contributed by atoms with Gasteiger partial charge in [0, 0.05) is 12.6 Å². The Kier molecular flexibility index (Phi) is 4.55. The number of hydrogen-bond acceptors (Lipinski definition) is 4. The van der Waals surface area contributed by atoms with E-state index in [1.165, 1.54) is 5.56 Å². The zero-order valence-electron chi connectivity index (χ0n) is 14.5. The standard InChI is InChI=1S/C18H24N4O2/c1-18(2,3)24-17(23)21-11-5-8-15(21)12-14-6-4-7-16(13-14)22-19-9-10-20-22/h4,6-7,9-10,13,15H,5,8,11-12H2,1-3H3. The molecule has 2 aromatic rings. The third-order valence-electron chi connectivity index (χ3n) is 4.04. The first-order chi connectivity index (χ1) is 11.4. The van der Waals surface area contributed by atoms with Crippen LogP contribution in [-0.2, 0) is 11.2 Å². The van der Waals surface area contributed by atoms with Crippen molar-refractivity contribution in [3.63, 3.8) is 0 Å². The first-order valence-electron chi connectivity index (χ1n) is 8.38. The van der Waals surface area contributed by atoms with E-state index in [1.54, 1.807) is 17.2 Å². The summed E-state index contributed by atoms with van der Waals surface area (Å²) in [6.45, 7) is 6.46. The van der Waals surface area contributed by atoms with E-state index in [9.17, 15) is 4.79 Å². The highest BCUT2D eigenvalue weighted by Gasteiger charge is 2.32. The van der Waals surface area contributed by atoms with Crippen LogP contribution < -0.4 is 0 Å². The lowest BCUT2D eigenvalue weighted by Gasteiger charge is -2.28. The Labute approximate surface area is 142 Å². The van der Waals surface area contributed by atoms with Crippen molar-refractivity contribution in [1.82, 2.24) is 19.9 Å². The van der Waals surface area contributed by atoms with Gasteiger partial charge >= 0.3 is 6.09 Å². The van der Waals surface area contributed by atoms with Crippen LogP contribution in [0.4, 0.5) is 4.79 Å². The maximum atomic E-state index is 12.4. The molecule has 0 radical (unpaired) electrons. The summed E-state index contributed by atoms with van der Waals surface area (Å²) in [5.74, 6) is 0. The fourth-order valence-electron chi connectivity index (χ4n) is 3.04. The van der Waals surface area contributed by atoms with Gasteiger partial charge in [0.25, 0.3) is 0 Å². The van der Waals surface area contributed by atoms with Gasteiger partial charge < -0.3 is 9.64 Å². The highest BCUT2D eigenvalue weighted by atomic mass is 16.6. The molecule has 1 aromatic carbocycles. The minimum absolute atomic E-state index is 0.181. The number of nitrogens with zero attached hydrogens (tertiary/aromatic N) is 4. The van der Waals surface area contributed by atoms with Gasteiger partial charge in [0.2, 0.25) is 0 Å². The van der Waals surface area contributed by atoms with Crippen molar-refractivity contribution in [3.05, 3.63) is 42.2 Å². The van der Waals surface area contributed by atoms with E-state index in [1.807, 2.05) is 37.8 Å². The smallest absolute Gasteiger partial charge is 0.410 e. The first-order valence-corrected chi connectivity index (χ1v) is 8.38. The summed E-state index contributed by atoms with van der Waals surface area (Å²) in [4.78, 5) is 15.9. The van der Waals surface area contributed by atoms with Crippen molar-refractivity contribution >= 4 is 6.09 Å². The predicted octanol–water partition coefficient (Wildman–Crippen LogP) is 3.21. The summed E-state index contributed by atoms with van der Waals surface area (Å²) in [5, 5.41) is 8.33. The lowest BCUT2D eigenvalue weighted by Crippen LogP contribution is -2.40. The topological polar surface area (TPSA) is 60.2 Å². The molecule has 1 unspecified atom stereocenters. The lowest BCUT2D eigenvalue weighted by molar-refractivity contribution is 0.0227. The Hall–Kier alpha value is -2.37. The third-order valence-corrected chi connectivity index (χ3v) is 4.04. The molecule has 0 aliphatic carbocycles. The first kappa shape index (κ1) is 16.5. The largest absolute Gasteiger partial charge is 0.444 e. The van der Waals surface area contributed by atoms with Gasteiger partial charge in [-0.15, -0.1) is 0 Å². The van der Waals surface area contributed by atoms with Crippen LogP contribution in [0.2, 0.25) is 0 Å². The molecular weight excluding hydrogens is 304 g/mol. The van der Waals surface area contributed by atoms with Crippen LogP contribution in [0.1, 0.15) is 39.2 Å². The normalized spacial score (nSPS) is 18.0. The zero-order valence-corrected chi connectivity index (χ0v) is 14.5. The summed E-state index contributed by atoms with van der Waals surface area (Å²) in [6.07, 6.45) is 5.94. The molecule has 1 aliphatic rings. The van der Waals surface area contributed by atoms with Crippen LogP contribution in [0, 0.1) is 0 Å². The van der Waals surface area contributed by atoms with Crippen molar-refractivity contribution in [2.75, 3.05) is 6.54 Å². The van der Waals surface area contributed by atoms with E-state index >= 15 is 0 Å². The van der Waals surface area contributed by atoms with E-state index in [-0.39, 0.29) is 12.1 Å². The van der Waals surface area contributed by atoms with Crippen LogP contribution in [-0.4, -0.2) is 44.2 Å². The maximum Gasteiger partial charge on any atom is 0.410 e. The van der Waals surface area contributed by atoms with Gasteiger partial charge in [-0.25, -0.2) is 4.79 Å². The van der Waals surface area contributed by atoms with Gasteiger partial charge in [-0.3, -0.25) is 0 Å². The van der Waals surface area contributed by atoms with Crippen LogP contribution in [0.5, 0.6) is 0 Å². The highest BCUT2D eigenvalue weighted by Crippen LogP contribution is 2.24. The molecule has 0 N–H and O–H groups in total. The number of hydrogen-bond donors (Lipinski definition) is 0. The van der Waals surface area contributed by atoms with E-state index in [0.717, 1.165) is 31.5 Å². The number of benzene rings is 1. The number of ether oxygens (including phenoxy) is 1. The zero-order chi connectivity index (χ0) is 17.2. The second-order valence-electron chi connectivity index (χ2n) is 7.16. The Morgan fingerprint density at radius 2 is 2.04 bits per heavy atom. The molecule has 1 saturated heterocycles. The molecule has 24 heavy (non-hydrogen) atoms. The van der Waals surface area contributed by atoms with Crippen LogP contribution >= 0.6 is 0 Å². The Morgan fingerprint density at radius 1 is 1.29 bits per heavy atom. The van der Waals surface area contributed by atoms with Crippen molar-refractivity contribution in [3.8, 4) is 5.69 Å². The van der Waals surface area contributed by atoms with Crippen LogP contribution in [0.3, 0.4) is 0 Å². The Bertz CT molecular complexity index is 691. The van der Waals surface area contributed by atoms with Gasteiger partial charge in [-0.05, 0) is 57.7 Å². The second-order valence-corrected chi connectivity index (χ2v) is 7.16. The SMILES string of the molecule is CC(C)(C)OC(=O)N1CCCC1Cc1cccc(-n2nccn2)c1. The molecule has 0 saturated carbocycles. The molecule has 0 bridgehead atoms. The van der Waals surface area contributed by atoms with Crippen molar-refractivity contribution in [2.45, 2.75) is 51.7 Å². The third kappa shape index (κ3) is 3.93. The lowest BCUT2D eigenvalue weighted by atomic mass is 10.0. The number of rotatable bonds is 3. The molecule has 1 amide bonds. The van der Waals surface area contributed by atoms with Gasteiger partial charge in [0.1, 0.15) is 5.60 Å². The summed E-state index contributed by atoms with van der Waals surface area (Å²) in [7, 11) is 0. The Balaban J connectivity index is 1.71. The van der Waals surface area contributed by atoms with E-state index in [2.05, 4.69) is 22.3 Å². The maximum absolute atomic E-state index is 12.4. The fourth-order valence-corrected chi connectivity index (χ4v) is 3.04. The molecule has 1 atom stereocenters. The van der Waals surface area contributed by atoms with Gasteiger partial charge in [-0.1, -0.05) is 12.1 Å². The van der Waals surface area contributed by atoms with Gasteiger partial charge in [0.05, 0.1) is 18.1 Å². The van der Waals surface area contributed by atoms with Crippen molar-refractivity contribution in [1.29, 1.82) is 0 Å².